The molecule has 156 valence electrons. The summed E-state index contributed by atoms with van der Waals surface area (Å²) in [5, 5.41) is 6.99. The van der Waals surface area contributed by atoms with Gasteiger partial charge in [0.15, 0.2) is 5.96 Å². The Balaban J connectivity index is 1.44. The first kappa shape index (κ1) is 21.0. The number of aryl methyl sites for hydroxylation is 1. The molecule has 1 aliphatic rings. The van der Waals surface area contributed by atoms with Gasteiger partial charge in [-0.2, -0.15) is 0 Å². The summed E-state index contributed by atoms with van der Waals surface area (Å²) in [5.74, 6) is 2.82. The quantitative estimate of drug-likeness (QED) is 0.556. The number of nitrogens with one attached hydrogen (secondary N) is 2. The van der Waals surface area contributed by atoms with Gasteiger partial charge >= 0.3 is 0 Å². The molecule has 1 aromatic heterocycles. The maximum absolute atomic E-state index is 6.06. The van der Waals surface area contributed by atoms with Crippen LogP contribution in [0.2, 0.25) is 0 Å². The monoisotopic (exact) mass is 395 g/mol. The largest absolute Gasteiger partial charge is 0.489 e. The van der Waals surface area contributed by atoms with Gasteiger partial charge in [0.05, 0.1) is 6.54 Å². The van der Waals surface area contributed by atoms with Crippen molar-refractivity contribution in [3.05, 3.63) is 54.2 Å². The Morgan fingerprint density at radius 1 is 1.17 bits per heavy atom. The minimum Gasteiger partial charge on any atom is -0.489 e. The first-order valence-electron chi connectivity index (χ1n) is 10.6. The molecule has 6 nitrogen and oxygen atoms in total. The van der Waals surface area contributed by atoms with Crippen LogP contribution in [0.4, 0.5) is 5.82 Å². The first-order valence-corrected chi connectivity index (χ1v) is 10.6. The molecule has 0 aliphatic carbocycles. The number of pyridine rings is 1. The van der Waals surface area contributed by atoms with E-state index in [1.165, 1.54) is 0 Å². The van der Waals surface area contributed by atoms with Crippen LogP contribution in [0, 0.1) is 6.92 Å². The van der Waals surface area contributed by atoms with Gasteiger partial charge in [-0.05, 0) is 50.5 Å². The van der Waals surface area contributed by atoms with Crippen molar-refractivity contribution in [2.24, 2.45) is 4.99 Å². The molecule has 2 aromatic rings. The number of rotatable bonds is 7. The zero-order valence-electron chi connectivity index (χ0n) is 17.8. The van der Waals surface area contributed by atoms with Crippen LogP contribution in [0.3, 0.4) is 0 Å². The topological polar surface area (TPSA) is 61.8 Å². The van der Waals surface area contributed by atoms with Crippen LogP contribution in [0.25, 0.3) is 0 Å². The lowest BCUT2D eigenvalue weighted by Crippen LogP contribution is -2.50. The van der Waals surface area contributed by atoms with Crippen LogP contribution in [0.15, 0.2) is 53.5 Å². The Morgan fingerprint density at radius 3 is 2.59 bits per heavy atom. The van der Waals surface area contributed by atoms with Crippen LogP contribution >= 0.6 is 0 Å². The average Bonchev–Trinajstić information content (AvgIpc) is 2.76. The first-order chi connectivity index (χ1) is 14.2. The lowest BCUT2D eigenvalue weighted by molar-refractivity contribution is 0.199. The number of hydrogen-bond donors (Lipinski definition) is 2. The Kier molecular flexibility index (Phi) is 7.73. The van der Waals surface area contributed by atoms with Crippen LogP contribution in [0.5, 0.6) is 5.75 Å². The predicted octanol–water partition coefficient (Wildman–Crippen LogP) is 3.38. The molecule has 3 rings (SSSR count). The Hall–Kier alpha value is -2.76. The van der Waals surface area contributed by atoms with Gasteiger partial charge in [0.25, 0.3) is 0 Å². The number of hydrogen-bond acceptors (Lipinski definition) is 4. The summed E-state index contributed by atoms with van der Waals surface area (Å²) in [5.41, 5.74) is 1.07. The Morgan fingerprint density at radius 2 is 1.93 bits per heavy atom. The smallest absolute Gasteiger partial charge is 0.191 e. The fraction of sp³-hybridized carbons (Fsp3) is 0.478. The highest BCUT2D eigenvalue weighted by Crippen LogP contribution is 2.18. The Labute approximate surface area is 174 Å². The van der Waals surface area contributed by atoms with Gasteiger partial charge in [0.2, 0.25) is 0 Å². The summed E-state index contributed by atoms with van der Waals surface area (Å²) in [4.78, 5) is 11.4. The number of nitrogens with zero attached hydrogens (tertiary/aromatic N) is 3. The van der Waals surface area contributed by atoms with Crippen molar-refractivity contribution in [3.63, 3.8) is 0 Å². The van der Waals surface area contributed by atoms with Gasteiger partial charge in [0, 0.05) is 31.9 Å². The molecule has 0 spiro atoms. The molecule has 0 bridgehead atoms. The SMILES string of the molecule is CCC(CNC(=NC)NC1CCN(c2cccc(C)n2)CC1)Oc1ccccc1. The molecule has 0 saturated carbocycles. The number of ether oxygens (including phenoxy) is 1. The third kappa shape index (κ3) is 6.38. The second kappa shape index (κ2) is 10.7. The Bertz CT molecular complexity index is 772. The molecular formula is C23H33N5O. The normalized spacial score (nSPS) is 16.4. The molecule has 1 aliphatic heterocycles. The molecule has 2 N–H and O–H groups in total. The number of piperidine rings is 1. The molecule has 1 aromatic carbocycles. The zero-order chi connectivity index (χ0) is 20.5. The maximum Gasteiger partial charge on any atom is 0.191 e. The fourth-order valence-electron chi connectivity index (χ4n) is 3.52. The third-order valence-electron chi connectivity index (χ3n) is 5.26. The summed E-state index contributed by atoms with van der Waals surface area (Å²) in [6.45, 7) is 6.90. The zero-order valence-corrected chi connectivity index (χ0v) is 17.8. The van der Waals surface area contributed by atoms with Crippen LogP contribution in [-0.4, -0.2) is 49.8 Å². The summed E-state index contributed by atoms with van der Waals surface area (Å²) >= 11 is 0. The molecule has 29 heavy (non-hydrogen) atoms. The maximum atomic E-state index is 6.06. The second-order valence-electron chi connectivity index (χ2n) is 7.46. The van der Waals surface area contributed by atoms with Crippen molar-refractivity contribution in [1.29, 1.82) is 0 Å². The highest BCUT2D eigenvalue weighted by molar-refractivity contribution is 5.80. The lowest BCUT2D eigenvalue weighted by atomic mass is 10.1. The highest BCUT2D eigenvalue weighted by atomic mass is 16.5. The van der Waals surface area contributed by atoms with Crippen LogP contribution < -0.4 is 20.3 Å². The van der Waals surface area contributed by atoms with Crippen molar-refractivity contribution in [2.45, 2.75) is 45.3 Å². The minimum absolute atomic E-state index is 0.102. The average molecular weight is 396 g/mol. The van der Waals surface area contributed by atoms with E-state index in [1.807, 2.05) is 50.4 Å². The second-order valence-corrected chi connectivity index (χ2v) is 7.46. The minimum atomic E-state index is 0.102. The molecule has 0 radical (unpaired) electrons. The predicted molar refractivity (Wildman–Crippen MR) is 120 cm³/mol. The molecular weight excluding hydrogens is 362 g/mol. The van der Waals surface area contributed by atoms with E-state index in [0.29, 0.717) is 6.04 Å². The molecule has 1 saturated heterocycles. The number of guanidine groups is 1. The van der Waals surface area contributed by atoms with E-state index in [-0.39, 0.29) is 6.10 Å². The van der Waals surface area contributed by atoms with Crippen molar-refractivity contribution in [1.82, 2.24) is 15.6 Å². The fourth-order valence-corrected chi connectivity index (χ4v) is 3.52. The van der Waals surface area contributed by atoms with E-state index in [0.717, 1.165) is 62.1 Å². The lowest BCUT2D eigenvalue weighted by Gasteiger charge is -2.34. The third-order valence-corrected chi connectivity index (χ3v) is 5.26. The van der Waals surface area contributed by atoms with Gasteiger partial charge in [-0.25, -0.2) is 4.98 Å². The number of para-hydroxylation sites is 1. The van der Waals surface area contributed by atoms with Crippen molar-refractivity contribution in [2.75, 3.05) is 31.6 Å². The van der Waals surface area contributed by atoms with Gasteiger partial charge in [-0.3, -0.25) is 4.99 Å². The van der Waals surface area contributed by atoms with Crippen LogP contribution in [0.1, 0.15) is 31.9 Å². The van der Waals surface area contributed by atoms with E-state index < -0.39 is 0 Å². The number of aliphatic imine (C=N–C) groups is 1. The molecule has 1 unspecified atom stereocenters. The van der Waals surface area contributed by atoms with E-state index in [4.69, 9.17) is 4.74 Å². The van der Waals surface area contributed by atoms with Gasteiger partial charge in [0.1, 0.15) is 17.7 Å². The van der Waals surface area contributed by atoms with E-state index in [2.05, 4.69) is 44.6 Å². The number of anilines is 1. The van der Waals surface area contributed by atoms with Crippen LogP contribution in [-0.2, 0) is 0 Å². The standard InChI is InChI=1S/C23H33N5O/c1-4-20(29-21-10-6-5-7-11-21)17-25-23(24-3)27-19-13-15-28(16-14-19)22-12-8-9-18(2)26-22/h5-12,19-20H,4,13-17H2,1-3H3,(H2,24,25,27). The van der Waals surface area contributed by atoms with Gasteiger partial charge in [-0.1, -0.05) is 31.2 Å². The summed E-state index contributed by atoms with van der Waals surface area (Å²) in [6, 6.07) is 16.6. The van der Waals surface area contributed by atoms with Gasteiger partial charge < -0.3 is 20.3 Å². The van der Waals surface area contributed by atoms with Crippen molar-refractivity contribution < 1.29 is 4.74 Å². The number of benzene rings is 1. The van der Waals surface area contributed by atoms with E-state index in [9.17, 15) is 0 Å². The highest BCUT2D eigenvalue weighted by Gasteiger charge is 2.21. The molecule has 0 amide bonds. The van der Waals surface area contributed by atoms with Crippen molar-refractivity contribution in [3.8, 4) is 5.75 Å². The summed E-state index contributed by atoms with van der Waals surface area (Å²) in [6.07, 6.45) is 3.16. The molecule has 2 heterocycles. The summed E-state index contributed by atoms with van der Waals surface area (Å²) in [7, 11) is 1.82. The van der Waals surface area contributed by atoms with E-state index >= 15 is 0 Å². The molecule has 6 heteroatoms. The molecule has 1 atom stereocenters. The number of aromatic nitrogens is 1. The van der Waals surface area contributed by atoms with Gasteiger partial charge in [-0.15, -0.1) is 0 Å². The molecule has 1 fully saturated rings. The summed E-state index contributed by atoms with van der Waals surface area (Å²) < 4.78 is 6.06. The van der Waals surface area contributed by atoms with E-state index in [1.54, 1.807) is 0 Å². The van der Waals surface area contributed by atoms with Crippen molar-refractivity contribution >= 4 is 11.8 Å².